The number of methoxy groups -OCH3 is 1. The lowest BCUT2D eigenvalue weighted by atomic mass is 9.98. The van der Waals surface area contributed by atoms with Gasteiger partial charge >= 0.3 is 0 Å². The van der Waals surface area contributed by atoms with Crippen molar-refractivity contribution in [2.24, 2.45) is 0 Å². The molecule has 0 amide bonds. The van der Waals surface area contributed by atoms with Crippen LogP contribution < -0.4 is 14.2 Å². The van der Waals surface area contributed by atoms with Crippen LogP contribution in [0.3, 0.4) is 0 Å². The number of benzene rings is 4. The summed E-state index contributed by atoms with van der Waals surface area (Å²) in [5.74, 6) is 3.18. The van der Waals surface area contributed by atoms with Gasteiger partial charge in [0.2, 0.25) is 0 Å². The minimum Gasteiger partial charge on any atom is -0.497 e. The van der Waals surface area contributed by atoms with E-state index in [1.807, 2.05) is 66.7 Å². The summed E-state index contributed by atoms with van der Waals surface area (Å²) in [6.07, 6.45) is 3.93. The molecule has 1 aliphatic rings. The summed E-state index contributed by atoms with van der Waals surface area (Å²) in [5.41, 5.74) is 2.89. The van der Waals surface area contributed by atoms with Gasteiger partial charge in [-0.25, -0.2) is 0 Å². The van der Waals surface area contributed by atoms with E-state index in [4.69, 9.17) is 14.2 Å². The summed E-state index contributed by atoms with van der Waals surface area (Å²) >= 11 is 0. The topological polar surface area (TPSA) is 51.2 Å². The third-order valence-electron chi connectivity index (χ3n) is 6.79. The number of hydrogen-bond donors (Lipinski definition) is 1. The number of fused-ring (bicyclic) bond motifs is 1. The molecule has 1 fully saturated rings. The van der Waals surface area contributed by atoms with Crippen molar-refractivity contribution < 1.29 is 19.3 Å². The molecular formula is C31H33NO4. The van der Waals surface area contributed by atoms with Gasteiger partial charge in [0.15, 0.2) is 0 Å². The van der Waals surface area contributed by atoms with E-state index in [9.17, 15) is 5.11 Å². The Hall–Kier alpha value is -3.54. The molecule has 186 valence electrons. The van der Waals surface area contributed by atoms with Gasteiger partial charge in [0.25, 0.3) is 0 Å². The molecule has 0 atom stereocenters. The van der Waals surface area contributed by atoms with Crippen LogP contribution in [0.1, 0.15) is 24.8 Å². The lowest BCUT2D eigenvalue weighted by Gasteiger charge is -2.26. The van der Waals surface area contributed by atoms with E-state index in [2.05, 4.69) is 17.0 Å². The molecule has 0 unspecified atom stereocenters. The van der Waals surface area contributed by atoms with E-state index in [0.717, 1.165) is 57.0 Å². The van der Waals surface area contributed by atoms with E-state index in [1.165, 1.54) is 32.4 Å². The molecule has 5 rings (SSSR count). The van der Waals surface area contributed by atoms with Crippen LogP contribution >= 0.6 is 0 Å². The molecule has 0 saturated carbocycles. The van der Waals surface area contributed by atoms with Crippen LogP contribution in [0, 0.1) is 0 Å². The van der Waals surface area contributed by atoms with Crippen molar-refractivity contribution in [1.29, 1.82) is 0 Å². The normalized spacial score (nSPS) is 14.1. The number of hydrogen-bond acceptors (Lipinski definition) is 5. The Kier molecular flexibility index (Phi) is 7.70. The number of piperidine rings is 1. The molecule has 1 N–H and O–H groups in total. The molecule has 4 aromatic rings. The lowest BCUT2D eigenvalue weighted by molar-refractivity contribution is 0.183. The van der Waals surface area contributed by atoms with Crippen molar-refractivity contribution in [1.82, 2.24) is 4.90 Å². The molecule has 36 heavy (non-hydrogen) atoms. The molecule has 4 aromatic carbocycles. The second-order valence-corrected chi connectivity index (χ2v) is 9.21. The molecule has 5 heteroatoms. The van der Waals surface area contributed by atoms with Gasteiger partial charge in [-0.05, 0) is 91.0 Å². The minimum absolute atomic E-state index is 0.0214. The molecule has 0 bridgehead atoms. The van der Waals surface area contributed by atoms with Gasteiger partial charge in [-0.15, -0.1) is 0 Å². The Balaban J connectivity index is 1.38. The van der Waals surface area contributed by atoms with Crippen LogP contribution in [0.2, 0.25) is 0 Å². The standard InChI is InChI=1S/C31H33NO4/c1-34-28-14-16-30-25(21-28)9-15-29(24-7-5-23(22-33)6-8-24)31(30)36-27-12-10-26(11-13-27)35-20-19-32-17-3-2-4-18-32/h5-16,21,33H,2-4,17-20,22H2,1H3. The summed E-state index contributed by atoms with van der Waals surface area (Å²) in [6.45, 7) is 4.04. The fraction of sp³-hybridized carbons (Fsp3) is 0.290. The van der Waals surface area contributed by atoms with Crippen molar-refractivity contribution in [3.63, 3.8) is 0 Å². The molecule has 0 radical (unpaired) electrons. The second kappa shape index (κ2) is 11.5. The average Bonchev–Trinajstić information content (AvgIpc) is 2.94. The fourth-order valence-corrected chi connectivity index (χ4v) is 4.73. The summed E-state index contributed by atoms with van der Waals surface area (Å²) < 4.78 is 17.9. The zero-order chi connectivity index (χ0) is 24.7. The molecular weight excluding hydrogens is 450 g/mol. The summed E-state index contributed by atoms with van der Waals surface area (Å²) in [5, 5.41) is 11.5. The van der Waals surface area contributed by atoms with Crippen LogP contribution in [0.15, 0.2) is 78.9 Å². The first kappa shape index (κ1) is 24.2. The van der Waals surface area contributed by atoms with Gasteiger partial charge in [-0.1, -0.05) is 36.8 Å². The van der Waals surface area contributed by atoms with Crippen molar-refractivity contribution in [3.8, 4) is 34.1 Å². The second-order valence-electron chi connectivity index (χ2n) is 9.21. The Labute approximate surface area is 212 Å². The third-order valence-corrected chi connectivity index (χ3v) is 6.79. The molecule has 5 nitrogen and oxygen atoms in total. The summed E-state index contributed by atoms with van der Waals surface area (Å²) in [7, 11) is 1.67. The van der Waals surface area contributed by atoms with Gasteiger partial charge in [0.05, 0.1) is 13.7 Å². The highest BCUT2D eigenvalue weighted by Gasteiger charge is 2.14. The number of rotatable bonds is 9. The SMILES string of the molecule is COc1ccc2c(Oc3ccc(OCCN4CCCCC4)cc3)c(-c3ccc(CO)cc3)ccc2c1. The maximum absolute atomic E-state index is 9.43. The quantitative estimate of drug-likeness (QED) is 0.288. The first-order valence-electron chi connectivity index (χ1n) is 12.7. The van der Waals surface area contributed by atoms with Crippen LogP contribution in [0.25, 0.3) is 21.9 Å². The molecule has 1 aliphatic heterocycles. The Bertz CT molecular complexity index is 1280. The van der Waals surface area contributed by atoms with Crippen molar-refractivity contribution in [3.05, 3.63) is 84.4 Å². The molecule has 1 heterocycles. The molecule has 1 saturated heterocycles. The number of aliphatic hydroxyl groups excluding tert-OH is 1. The van der Waals surface area contributed by atoms with Crippen LogP contribution in [-0.2, 0) is 6.61 Å². The maximum atomic E-state index is 9.43. The number of ether oxygens (including phenoxy) is 3. The van der Waals surface area contributed by atoms with E-state index in [0.29, 0.717) is 6.61 Å². The average molecular weight is 484 g/mol. The van der Waals surface area contributed by atoms with Gasteiger partial charge in [-0.3, -0.25) is 4.90 Å². The highest BCUT2D eigenvalue weighted by atomic mass is 16.5. The largest absolute Gasteiger partial charge is 0.497 e. The Morgan fingerprint density at radius 1 is 0.778 bits per heavy atom. The van der Waals surface area contributed by atoms with Gasteiger partial charge in [0, 0.05) is 17.5 Å². The third kappa shape index (κ3) is 5.64. The highest BCUT2D eigenvalue weighted by molar-refractivity contribution is 5.96. The minimum atomic E-state index is 0.0214. The van der Waals surface area contributed by atoms with E-state index < -0.39 is 0 Å². The Morgan fingerprint density at radius 2 is 1.50 bits per heavy atom. The summed E-state index contributed by atoms with van der Waals surface area (Å²) in [4.78, 5) is 2.48. The Morgan fingerprint density at radius 3 is 2.22 bits per heavy atom. The van der Waals surface area contributed by atoms with Crippen molar-refractivity contribution in [2.45, 2.75) is 25.9 Å². The molecule has 0 aromatic heterocycles. The first-order chi connectivity index (χ1) is 17.7. The van der Waals surface area contributed by atoms with E-state index in [-0.39, 0.29) is 6.61 Å². The lowest BCUT2D eigenvalue weighted by Crippen LogP contribution is -2.33. The smallest absolute Gasteiger partial charge is 0.143 e. The number of nitrogens with zero attached hydrogens (tertiary/aromatic N) is 1. The zero-order valence-corrected chi connectivity index (χ0v) is 20.8. The predicted octanol–water partition coefficient (Wildman–Crippen LogP) is 6.66. The monoisotopic (exact) mass is 483 g/mol. The van der Waals surface area contributed by atoms with E-state index in [1.54, 1.807) is 7.11 Å². The van der Waals surface area contributed by atoms with Crippen LogP contribution in [0.4, 0.5) is 0 Å². The van der Waals surface area contributed by atoms with E-state index >= 15 is 0 Å². The maximum Gasteiger partial charge on any atom is 0.143 e. The highest BCUT2D eigenvalue weighted by Crippen LogP contribution is 2.41. The van der Waals surface area contributed by atoms with Crippen LogP contribution in [0.5, 0.6) is 23.0 Å². The van der Waals surface area contributed by atoms with Crippen LogP contribution in [-0.4, -0.2) is 43.4 Å². The summed E-state index contributed by atoms with van der Waals surface area (Å²) in [6, 6.07) is 25.9. The first-order valence-corrected chi connectivity index (χ1v) is 12.7. The zero-order valence-electron chi connectivity index (χ0n) is 20.8. The number of likely N-dealkylation sites (tertiary alicyclic amines) is 1. The van der Waals surface area contributed by atoms with Gasteiger partial charge < -0.3 is 19.3 Å². The predicted molar refractivity (Wildman–Crippen MR) is 144 cm³/mol. The van der Waals surface area contributed by atoms with Crippen molar-refractivity contribution in [2.75, 3.05) is 33.4 Å². The number of aliphatic hydroxyl groups is 1. The molecule has 0 spiro atoms. The van der Waals surface area contributed by atoms with Crippen molar-refractivity contribution >= 4 is 10.8 Å². The van der Waals surface area contributed by atoms with Gasteiger partial charge in [-0.2, -0.15) is 0 Å². The van der Waals surface area contributed by atoms with Gasteiger partial charge in [0.1, 0.15) is 29.6 Å². The molecule has 0 aliphatic carbocycles. The fourth-order valence-electron chi connectivity index (χ4n) is 4.73.